The molecule has 1 aliphatic rings. The van der Waals surface area contributed by atoms with Crippen molar-refractivity contribution >= 4 is 18.0 Å². The van der Waals surface area contributed by atoms with Crippen molar-refractivity contribution in [2.75, 3.05) is 13.2 Å². The van der Waals surface area contributed by atoms with E-state index in [-0.39, 0.29) is 17.9 Å². The molecule has 0 saturated carbocycles. The highest BCUT2D eigenvalue weighted by atomic mass is 16.5. The highest BCUT2D eigenvalue weighted by Crippen LogP contribution is 2.44. The van der Waals surface area contributed by atoms with E-state index in [1.165, 1.54) is 0 Å². The van der Waals surface area contributed by atoms with Crippen LogP contribution in [-0.2, 0) is 14.3 Å². The molecule has 0 heterocycles. The van der Waals surface area contributed by atoms with E-state index in [1.807, 2.05) is 69.3 Å². The monoisotopic (exact) mass is 468 g/mol. The van der Waals surface area contributed by atoms with E-state index >= 15 is 0 Å². The summed E-state index contributed by atoms with van der Waals surface area (Å²) in [6, 6.07) is 15.1. The van der Waals surface area contributed by atoms with Crippen LogP contribution in [-0.4, -0.2) is 53.5 Å². The van der Waals surface area contributed by atoms with Crippen LogP contribution in [0.3, 0.4) is 0 Å². The van der Waals surface area contributed by atoms with Gasteiger partial charge in [0.25, 0.3) is 0 Å². The van der Waals surface area contributed by atoms with E-state index in [0.29, 0.717) is 12.8 Å². The number of rotatable bonds is 9. The van der Waals surface area contributed by atoms with Crippen LogP contribution in [0.15, 0.2) is 48.5 Å². The molecule has 0 bridgehead atoms. The van der Waals surface area contributed by atoms with Gasteiger partial charge >= 0.3 is 12.1 Å². The number of hydrogen-bond donors (Lipinski definition) is 4. The molecule has 8 heteroatoms. The lowest BCUT2D eigenvalue weighted by atomic mass is 9.88. The quantitative estimate of drug-likeness (QED) is 0.448. The molecule has 2 atom stereocenters. The molecule has 0 spiro atoms. The molecule has 182 valence electrons. The number of alkyl carbamates (subject to hydrolysis) is 1. The summed E-state index contributed by atoms with van der Waals surface area (Å²) in [6.07, 6.45) is -1.48. The van der Waals surface area contributed by atoms with Crippen molar-refractivity contribution in [3.8, 4) is 11.1 Å². The van der Waals surface area contributed by atoms with Gasteiger partial charge in [0.15, 0.2) is 6.10 Å². The Kier molecular flexibility index (Phi) is 7.94. The Labute approximate surface area is 199 Å². The van der Waals surface area contributed by atoms with Crippen LogP contribution < -0.4 is 10.6 Å². The Morgan fingerprint density at radius 1 is 1.00 bits per heavy atom. The molecule has 2 amide bonds. The van der Waals surface area contributed by atoms with Gasteiger partial charge < -0.3 is 25.6 Å². The number of aliphatic carboxylic acids is 1. The predicted octanol–water partition coefficient (Wildman–Crippen LogP) is 3.28. The van der Waals surface area contributed by atoms with Crippen molar-refractivity contribution < 1.29 is 29.3 Å². The fraction of sp³-hybridized carbons (Fsp3) is 0.423. The second-order valence-corrected chi connectivity index (χ2v) is 9.72. The maximum Gasteiger partial charge on any atom is 0.407 e. The third kappa shape index (κ3) is 6.35. The minimum Gasteiger partial charge on any atom is -0.479 e. The maximum atomic E-state index is 12.7. The topological polar surface area (TPSA) is 125 Å². The van der Waals surface area contributed by atoms with Crippen LogP contribution in [0.2, 0.25) is 0 Å². The Balaban J connectivity index is 1.65. The van der Waals surface area contributed by atoms with Gasteiger partial charge in [-0.3, -0.25) is 4.79 Å². The number of carbonyl (C=O) groups is 3. The molecule has 4 N–H and O–H groups in total. The minimum atomic E-state index is -1.72. The standard InChI is InChI=1S/C26H32N2O6/c1-26(2,3)13-12-21(23(30)27-14-22(29)24(31)32)28-25(33)34-15-20-18-10-6-4-8-16(18)17-9-5-7-11-19(17)20/h4-11,20-22,29H,12-15H2,1-3H3,(H,27,30)(H,28,33)(H,31,32). The van der Waals surface area contributed by atoms with Gasteiger partial charge in [-0.1, -0.05) is 69.3 Å². The van der Waals surface area contributed by atoms with E-state index < -0.39 is 36.7 Å². The van der Waals surface area contributed by atoms with Gasteiger partial charge in [0.1, 0.15) is 12.6 Å². The van der Waals surface area contributed by atoms with Gasteiger partial charge in [-0.05, 0) is 40.5 Å². The van der Waals surface area contributed by atoms with Crippen molar-refractivity contribution in [3.05, 3.63) is 59.7 Å². The minimum absolute atomic E-state index is 0.0814. The molecule has 3 rings (SSSR count). The van der Waals surface area contributed by atoms with Gasteiger partial charge in [0, 0.05) is 5.92 Å². The predicted molar refractivity (Wildman–Crippen MR) is 127 cm³/mol. The summed E-state index contributed by atoms with van der Waals surface area (Å²) < 4.78 is 5.54. The molecule has 0 radical (unpaired) electrons. The summed E-state index contributed by atoms with van der Waals surface area (Å²) in [4.78, 5) is 36.1. The molecule has 0 aromatic heterocycles. The molecule has 2 aromatic carbocycles. The molecular weight excluding hydrogens is 436 g/mol. The number of nitrogens with one attached hydrogen (secondary N) is 2. The summed E-state index contributed by atoms with van der Waals surface area (Å²) in [5.41, 5.74) is 4.32. The molecular formula is C26H32N2O6. The van der Waals surface area contributed by atoms with Crippen LogP contribution in [0.25, 0.3) is 11.1 Å². The molecule has 2 aromatic rings. The Morgan fingerprint density at radius 2 is 1.56 bits per heavy atom. The normalized spacial score (nSPS) is 14.5. The van der Waals surface area contributed by atoms with Crippen LogP contribution in [0.4, 0.5) is 4.79 Å². The van der Waals surface area contributed by atoms with Crippen LogP contribution in [0, 0.1) is 5.41 Å². The number of fused-ring (bicyclic) bond motifs is 3. The van der Waals surface area contributed by atoms with Crippen LogP contribution in [0.5, 0.6) is 0 Å². The van der Waals surface area contributed by atoms with Crippen molar-refractivity contribution in [1.29, 1.82) is 0 Å². The summed E-state index contributed by atoms with van der Waals surface area (Å²) in [5, 5.41) is 23.2. The first-order valence-corrected chi connectivity index (χ1v) is 11.4. The van der Waals surface area contributed by atoms with E-state index in [0.717, 1.165) is 22.3 Å². The third-order valence-corrected chi connectivity index (χ3v) is 5.89. The fourth-order valence-electron chi connectivity index (χ4n) is 4.04. The van der Waals surface area contributed by atoms with E-state index in [9.17, 15) is 19.5 Å². The first kappa shape index (κ1) is 25.2. The zero-order chi connectivity index (χ0) is 24.9. The van der Waals surface area contributed by atoms with Crippen molar-refractivity contribution in [2.45, 2.75) is 51.7 Å². The number of carboxylic acids is 1. The van der Waals surface area contributed by atoms with Gasteiger partial charge in [-0.15, -0.1) is 0 Å². The molecule has 8 nitrogen and oxygen atoms in total. The average molecular weight is 469 g/mol. The lowest BCUT2D eigenvalue weighted by Crippen LogP contribution is -2.49. The van der Waals surface area contributed by atoms with Gasteiger partial charge in [-0.25, -0.2) is 9.59 Å². The van der Waals surface area contributed by atoms with Crippen molar-refractivity contribution in [3.63, 3.8) is 0 Å². The van der Waals surface area contributed by atoms with Crippen molar-refractivity contribution in [1.82, 2.24) is 10.6 Å². The highest BCUT2D eigenvalue weighted by molar-refractivity contribution is 5.86. The third-order valence-electron chi connectivity index (χ3n) is 5.89. The second-order valence-electron chi connectivity index (χ2n) is 9.72. The molecule has 2 unspecified atom stereocenters. The average Bonchev–Trinajstić information content (AvgIpc) is 3.11. The molecule has 1 aliphatic carbocycles. The Bertz CT molecular complexity index is 1000. The van der Waals surface area contributed by atoms with Crippen molar-refractivity contribution in [2.24, 2.45) is 5.41 Å². The zero-order valence-corrected chi connectivity index (χ0v) is 19.7. The summed E-state index contributed by atoms with van der Waals surface area (Å²) in [6.45, 7) is 5.72. The lowest BCUT2D eigenvalue weighted by molar-refractivity contribution is -0.146. The molecule has 0 saturated heterocycles. The van der Waals surface area contributed by atoms with Gasteiger partial charge in [-0.2, -0.15) is 0 Å². The number of aliphatic hydroxyl groups is 1. The summed E-state index contributed by atoms with van der Waals surface area (Å²) in [7, 11) is 0. The Morgan fingerprint density at radius 3 is 2.09 bits per heavy atom. The number of benzene rings is 2. The Hall–Kier alpha value is -3.39. The largest absolute Gasteiger partial charge is 0.479 e. The number of hydrogen-bond acceptors (Lipinski definition) is 5. The fourth-order valence-corrected chi connectivity index (χ4v) is 4.04. The first-order valence-electron chi connectivity index (χ1n) is 11.4. The SMILES string of the molecule is CC(C)(C)CCC(NC(=O)OCC1c2ccccc2-c2ccccc21)C(=O)NCC(O)C(=O)O. The molecule has 34 heavy (non-hydrogen) atoms. The van der Waals surface area contributed by atoms with Crippen LogP contribution >= 0.6 is 0 Å². The van der Waals surface area contributed by atoms with E-state index in [2.05, 4.69) is 10.6 Å². The number of carbonyl (C=O) groups excluding carboxylic acids is 2. The molecule has 0 aliphatic heterocycles. The number of carboxylic acid groups (broad SMARTS) is 1. The highest BCUT2D eigenvalue weighted by Gasteiger charge is 2.30. The zero-order valence-electron chi connectivity index (χ0n) is 19.7. The maximum absolute atomic E-state index is 12.7. The van der Waals surface area contributed by atoms with E-state index in [1.54, 1.807) is 0 Å². The smallest absolute Gasteiger partial charge is 0.407 e. The lowest BCUT2D eigenvalue weighted by Gasteiger charge is -2.24. The van der Waals surface area contributed by atoms with E-state index in [4.69, 9.17) is 9.84 Å². The first-order chi connectivity index (χ1) is 16.1. The number of aliphatic hydroxyl groups excluding tert-OH is 1. The second kappa shape index (κ2) is 10.7. The number of amides is 2. The van der Waals surface area contributed by atoms with Gasteiger partial charge in [0.05, 0.1) is 6.54 Å². The number of ether oxygens (including phenoxy) is 1. The van der Waals surface area contributed by atoms with Crippen LogP contribution in [0.1, 0.15) is 50.7 Å². The molecule has 0 fully saturated rings. The summed E-state index contributed by atoms with van der Waals surface area (Å²) >= 11 is 0. The summed E-state index contributed by atoms with van der Waals surface area (Å²) in [5.74, 6) is -2.11. The van der Waals surface area contributed by atoms with Gasteiger partial charge in [0.2, 0.25) is 5.91 Å².